The predicted octanol–water partition coefficient (Wildman–Crippen LogP) is 3.26. The van der Waals surface area contributed by atoms with Gasteiger partial charge in [-0.3, -0.25) is 0 Å². The van der Waals surface area contributed by atoms with Gasteiger partial charge >= 0.3 is 6.18 Å². The van der Waals surface area contributed by atoms with Crippen molar-refractivity contribution in [1.82, 2.24) is 0 Å². The quantitative estimate of drug-likeness (QED) is 0.788. The van der Waals surface area contributed by atoms with Gasteiger partial charge in [-0.2, -0.15) is 18.4 Å². The van der Waals surface area contributed by atoms with Crippen LogP contribution in [0.3, 0.4) is 0 Å². The number of nitriles is 1. The maximum atomic E-state index is 12.3. The van der Waals surface area contributed by atoms with E-state index in [1.165, 1.54) is 0 Å². The van der Waals surface area contributed by atoms with Crippen molar-refractivity contribution >= 4 is 11.6 Å². The number of benzene rings is 1. The van der Waals surface area contributed by atoms with Crippen molar-refractivity contribution in [2.24, 2.45) is 0 Å². The molecule has 1 rings (SSSR count). The van der Waals surface area contributed by atoms with Crippen LogP contribution in [0.4, 0.5) is 13.2 Å². The number of alkyl halides is 3. The second-order valence-electron chi connectivity index (χ2n) is 2.59. The van der Waals surface area contributed by atoms with Crippen LogP contribution in [-0.2, 0) is 6.18 Å². The largest absolute Gasteiger partial charge is 0.477 e. The van der Waals surface area contributed by atoms with Crippen LogP contribution in [-0.4, -0.2) is 6.61 Å². The summed E-state index contributed by atoms with van der Waals surface area (Å²) in [5, 5.41) is 8.25. The molecule has 0 unspecified atom stereocenters. The summed E-state index contributed by atoms with van der Waals surface area (Å²) in [7, 11) is 0. The highest BCUT2D eigenvalue weighted by Gasteiger charge is 2.31. The van der Waals surface area contributed by atoms with Crippen molar-refractivity contribution in [3.63, 3.8) is 0 Å². The maximum absolute atomic E-state index is 12.3. The van der Waals surface area contributed by atoms with Crippen LogP contribution in [0.2, 0.25) is 5.02 Å². The van der Waals surface area contributed by atoms with E-state index >= 15 is 0 Å². The van der Waals surface area contributed by atoms with Gasteiger partial charge in [0, 0.05) is 0 Å². The molecule has 0 radical (unpaired) electrons. The maximum Gasteiger partial charge on any atom is 0.416 e. The fourth-order valence-corrected chi connectivity index (χ4v) is 1.07. The first-order chi connectivity index (χ1) is 6.95. The molecule has 1 aromatic carbocycles. The van der Waals surface area contributed by atoms with E-state index in [4.69, 9.17) is 21.6 Å². The van der Waals surface area contributed by atoms with Crippen molar-refractivity contribution in [3.05, 3.63) is 28.8 Å². The van der Waals surface area contributed by atoms with Crippen molar-refractivity contribution in [1.29, 1.82) is 5.26 Å². The van der Waals surface area contributed by atoms with Gasteiger partial charge < -0.3 is 4.74 Å². The Bertz CT molecular complexity index is 397. The van der Waals surface area contributed by atoms with Crippen LogP contribution in [0.25, 0.3) is 0 Å². The fraction of sp³-hybridized carbons (Fsp3) is 0.222. The molecular weight excluding hydrogens is 231 g/mol. The molecular formula is C9H5ClF3NO. The average Bonchev–Trinajstić information content (AvgIpc) is 2.15. The van der Waals surface area contributed by atoms with Crippen LogP contribution in [0.5, 0.6) is 5.75 Å². The van der Waals surface area contributed by atoms with Gasteiger partial charge in [-0.25, -0.2) is 0 Å². The molecule has 80 valence electrons. The van der Waals surface area contributed by atoms with E-state index in [2.05, 4.69) is 0 Å². The molecule has 0 fully saturated rings. The molecule has 0 N–H and O–H groups in total. The zero-order valence-electron chi connectivity index (χ0n) is 7.31. The van der Waals surface area contributed by atoms with Gasteiger partial charge in [-0.15, -0.1) is 0 Å². The van der Waals surface area contributed by atoms with Crippen molar-refractivity contribution in [2.45, 2.75) is 6.18 Å². The molecule has 1 aromatic rings. The summed E-state index contributed by atoms with van der Waals surface area (Å²) in [5.74, 6) is -0.145. The third kappa shape index (κ3) is 3.03. The van der Waals surface area contributed by atoms with Gasteiger partial charge in [0.05, 0.1) is 10.6 Å². The number of halogens is 4. The molecule has 0 bridgehead atoms. The number of nitrogens with zero attached hydrogens (tertiary/aromatic N) is 1. The SMILES string of the molecule is N#CCOc1cc(C(F)(F)F)ccc1Cl. The van der Waals surface area contributed by atoms with E-state index < -0.39 is 11.7 Å². The van der Waals surface area contributed by atoms with Crippen LogP contribution in [0.1, 0.15) is 5.56 Å². The minimum Gasteiger partial charge on any atom is -0.477 e. The Balaban J connectivity index is 3.01. The van der Waals surface area contributed by atoms with E-state index in [9.17, 15) is 13.2 Å². The second kappa shape index (κ2) is 4.41. The number of hydrogen-bond acceptors (Lipinski definition) is 2. The topological polar surface area (TPSA) is 33.0 Å². The lowest BCUT2D eigenvalue weighted by Gasteiger charge is -2.09. The molecule has 0 heterocycles. The summed E-state index contributed by atoms with van der Waals surface area (Å²) in [6, 6.07) is 4.33. The fourth-order valence-electron chi connectivity index (χ4n) is 0.900. The van der Waals surface area contributed by atoms with Gasteiger partial charge in [0.2, 0.25) is 0 Å². The lowest BCUT2D eigenvalue weighted by molar-refractivity contribution is -0.137. The van der Waals surface area contributed by atoms with Gasteiger partial charge in [0.15, 0.2) is 6.61 Å². The van der Waals surface area contributed by atoms with Gasteiger partial charge in [-0.1, -0.05) is 11.6 Å². The van der Waals surface area contributed by atoms with Crippen molar-refractivity contribution in [3.8, 4) is 11.8 Å². The first-order valence-corrected chi connectivity index (χ1v) is 4.19. The molecule has 6 heteroatoms. The first-order valence-electron chi connectivity index (χ1n) is 3.81. The van der Waals surface area contributed by atoms with Gasteiger partial charge in [0.1, 0.15) is 11.8 Å². The molecule has 0 saturated carbocycles. The highest BCUT2D eigenvalue weighted by molar-refractivity contribution is 6.32. The van der Waals surface area contributed by atoms with Crippen LogP contribution in [0.15, 0.2) is 18.2 Å². The molecule has 0 atom stereocenters. The number of rotatable bonds is 2. The zero-order chi connectivity index (χ0) is 11.5. The minimum atomic E-state index is -4.45. The van der Waals surface area contributed by atoms with E-state index in [-0.39, 0.29) is 17.4 Å². The molecule has 0 aromatic heterocycles. The van der Waals surface area contributed by atoms with Gasteiger partial charge in [-0.05, 0) is 18.2 Å². The molecule has 0 aliphatic heterocycles. The number of ether oxygens (including phenoxy) is 1. The van der Waals surface area contributed by atoms with E-state index in [0.717, 1.165) is 18.2 Å². The molecule has 0 spiro atoms. The first kappa shape index (κ1) is 11.7. The summed E-state index contributed by atoms with van der Waals surface area (Å²) in [6.45, 7) is -0.346. The van der Waals surface area contributed by atoms with E-state index in [1.54, 1.807) is 6.07 Å². The molecule has 0 amide bonds. The van der Waals surface area contributed by atoms with Gasteiger partial charge in [0.25, 0.3) is 0 Å². The van der Waals surface area contributed by atoms with Crippen LogP contribution >= 0.6 is 11.6 Å². The summed E-state index contributed by atoms with van der Waals surface area (Å²) in [4.78, 5) is 0. The smallest absolute Gasteiger partial charge is 0.416 e. The highest BCUT2D eigenvalue weighted by Crippen LogP contribution is 2.34. The van der Waals surface area contributed by atoms with E-state index in [1.807, 2.05) is 0 Å². The minimum absolute atomic E-state index is 0.0400. The molecule has 0 aliphatic carbocycles. The lowest BCUT2D eigenvalue weighted by atomic mass is 10.2. The monoisotopic (exact) mass is 235 g/mol. The normalized spacial score (nSPS) is 10.9. The van der Waals surface area contributed by atoms with Crippen LogP contribution in [0, 0.1) is 11.3 Å². The van der Waals surface area contributed by atoms with Crippen LogP contribution < -0.4 is 4.74 Å². The second-order valence-corrected chi connectivity index (χ2v) is 3.00. The Labute approximate surface area is 88.8 Å². The molecule has 0 aliphatic rings. The Hall–Kier alpha value is -1.41. The van der Waals surface area contributed by atoms with Crippen molar-refractivity contribution in [2.75, 3.05) is 6.61 Å². The third-order valence-corrected chi connectivity index (χ3v) is 1.86. The molecule has 15 heavy (non-hydrogen) atoms. The Kier molecular flexibility index (Phi) is 3.43. The summed E-state index contributed by atoms with van der Waals surface area (Å²) in [6.07, 6.45) is -4.45. The standard InChI is InChI=1S/C9H5ClF3NO/c10-7-2-1-6(9(11,12)13)5-8(7)15-4-3-14/h1-2,5H,4H2. The third-order valence-electron chi connectivity index (χ3n) is 1.55. The summed E-state index contributed by atoms with van der Waals surface area (Å²) >= 11 is 5.58. The summed E-state index contributed by atoms with van der Waals surface area (Å²) < 4.78 is 41.5. The average molecular weight is 236 g/mol. The molecule has 2 nitrogen and oxygen atoms in total. The van der Waals surface area contributed by atoms with Crippen molar-refractivity contribution < 1.29 is 17.9 Å². The highest BCUT2D eigenvalue weighted by atomic mass is 35.5. The Morgan fingerprint density at radius 3 is 2.60 bits per heavy atom. The lowest BCUT2D eigenvalue weighted by Crippen LogP contribution is -2.05. The Morgan fingerprint density at radius 2 is 2.07 bits per heavy atom. The van der Waals surface area contributed by atoms with E-state index in [0.29, 0.717) is 0 Å². The zero-order valence-corrected chi connectivity index (χ0v) is 8.06. The Morgan fingerprint density at radius 1 is 1.40 bits per heavy atom. The predicted molar refractivity (Wildman–Crippen MR) is 47.6 cm³/mol. The summed E-state index contributed by atoms with van der Waals surface area (Å²) in [5.41, 5.74) is -0.861. The number of hydrogen-bond donors (Lipinski definition) is 0. The molecule has 0 saturated heterocycles.